The molecule has 0 spiro atoms. The fourth-order valence-electron chi connectivity index (χ4n) is 5.11. The van der Waals surface area contributed by atoms with Gasteiger partial charge in [0.2, 0.25) is 0 Å². The molecule has 0 radical (unpaired) electrons. The first-order chi connectivity index (χ1) is 16.2. The van der Waals surface area contributed by atoms with Crippen LogP contribution in [0.2, 0.25) is 0 Å². The molecule has 6 rings (SSSR count). The van der Waals surface area contributed by atoms with Gasteiger partial charge < -0.3 is 0 Å². The maximum atomic E-state index is 4.84. The number of H-pyrrole nitrogens is 1. The van der Waals surface area contributed by atoms with Gasteiger partial charge in [-0.1, -0.05) is 30.3 Å². The Morgan fingerprint density at radius 2 is 1.94 bits per heavy atom. The van der Waals surface area contributed by atoms with Crippen molar-refractivity contribution in [2.45, 2.75) is 32.2 Å². The van der Waals surface area contributed by atoms with E-state index in [0.717, 1.165) is 53.0 Å². The molecule has 1 atom stereocenters. The van der Waals surface area contributed by atoms with Gasteiger partial charge in [0.1, 0.15) is 5.69 Å². The number of piperidine rings is 1. The van der Waals surface area contributed by atoms with Crippen LogP contribution in [0.5, 0.6) is 0 Å². The topological polar surface area (TPSA) is 57.7 Å². The van der Waals surface area contributed by atoms with Crippen LogP contribution < -0.4 is 0 Å². The number of aromatic amines is 1. The minimum atomic E-state index is 0.515. The SMILES string of the molecule is Cc1cc(-c2n[nH]c3cc4ncc(C5CCCN(Cc6ccccc6)C5)cc4cc23)ccn1. The van der Waals surface area contributed by atoms with Crippen molar-refractivity contribution in [3.8, 4) is 11.3 Å². The number of rotatable bonds is 4. The van der Waals surface area contributed by atoms with Crippen LogP contribution in [0.25, 0.3) is 33.1 Å². The van der Waals surface area contributed by atoms with Gasteiger partial charge in [-0.05, 0) is 73.7 Å². The molecule has 1 unspecified atom stereocenters. The third-order valence-electron chi connectivity index (χ3n) is 6.78. The maximum Gasteiger partial charge on any atom is 0.100 e. The number of benzene rings is 2. The van der Waals surface area contributed by atoms with Gasteiger partial charge in [0.05, 0.1) is 11.0 Å². The number of aromatic nitrogens is 4. The van der Waals surface area contributed by atoms with Gasteiger partial charge in [0.15, 0.2) is 0 Å². The molecule has 1 aliphatic heterocycles. The van der Waals surface area contributed by atoms with Gasteiger partial charge >= 0.3 is 0 Å². The Morgan fingerprint density at radius 1 is 1.03 bits per heavy atom. The molecule has 0 amide bonds. The Morgan fingerprint density at radius 3 is 2.82 bits per heavy atom. The standard InChI is InChI=1S/C28H27N5/c1-19-12-21(9-10-29-19)28-25-14-23-13-24(16-30-26(23)15-27(25)31-32-28)22-8-5-11-33(18-22)17-20-6-3-2-4-7-20/h2-4,6-7,9-10,12-16,22H,5,8,11,17-18H2,1H3,(H,31,32). The Hall–Kier alpha value is -3.57. The molecule has 1 aliphatic rings. The Bertz CT molecular complexity index is 1420. The van der Waals surface area contributed by atoms with E-state index in [9.17, 15) is 0 Å². The number of pyridine rings is 2. The minimum Gasteiger partial charge on any atom is -0.298 e. The fourth-order valence-corrected chi connectivity index (χ4v) is 5.11. The quantitative estimate of drug-likeness (QED) is 0.386. The van der Waals surface area contributed by atoms with Crippen LogP contribution in [-0.4, -0.2) is 38.2 Å². The molecular formula is C28H27N5. The van der Waals surface area contributed by atoms with E-state index in [0.29, 0.717) is 5.92 Å². The summed E-state index contributed by atoms with van der Waals surface area (Å²) in [5.41, 5.74) is 7.78. The third kappa shape index (κ3) is 4.00. The summed E-state index contributed by atoms with van der Waals surface area (Å²) in [5, 5.41) is 10.1. The number of nitrogens with zero attached hydrogens (tertiary/aromatic N) is 4. The first-order valence-electron chi connectivity index (χ1n) is 11.7. The molecule has 5 nitrogen and oxygen atoms in total. The monoisotopic (exact) mass is 433 g/mol. The molecule has 1 fully saturated rings. The lowest BCUT2D eigenvalue weighted by Crippen LogP contribution is -2.33. The lowest BCUT2D eigenvalue weighted by Gasteiger charge is -2.33. The van der Waals surface area contributed by atoms with Crippen molar-refractivity contribution in [2.75, 3.05) is 13.1 Å². The number of likely N-dealkylation sites (tertiary alicyclic amines) is 1. The van der Waals surface area contributed by atoms with Gasteiger partial charge in [0, 0.05) is 47.5 Å². The van der Waals surface area contributed by atoms with E-state index in [1.807, 2.05) is 19.2 Å². The zero-order valence-electron chi connectivity index (χ0n) is 18.8. The summed E-state index contributed by atoms with van der Waals surface area (Å²) in [5.74, 6) is 0.515. The summed E-state index contributed by atoms with van der Waals surface area (Å²) >= 11 is 0. The zero-order valence-corrected chi connectivity index (χ0v) is 18.8. The van der Waals surface area contributed by atoms with Crippen LogP contribution in [0.3, 0.4) is 0 Å². The van der Waals surface area contributed by atoms with Gasteiger partial charge in [-0.3, -0.25) is 20.0 Å². The van der Waals surface area contributed by atoms with Gasteiger partial charge in [-0.15, -0.1) is 0 Å². The van der Waals surface area contributed by atoms with Crippen LogP contribution in [0.4, 0.5) is 0 Å². The average molecular weight is 434 g/mol. The van der Waals surface area contributed by atoms with Crippen molar-refractivity contribution in [3.05, 3.63) is 89.9 Å². The number of hydrogen-bond acceptors (Lipinski definition) is 4. The van der Waals surface area contributed by atoms with Crippen LogP contribution in [0.15, 0.2) is 73.1 Å². The highest BCUT2D eigenvalue weighted by Crippen LogP contribution is 2.32. The smallest absolute Gasteiger partial charge is 0.100 e. The lowest BCUT2D eigenvalue weighted by atomic mass is 9.90. The molecular weight excluding hydrogens is 406 g/mol. The summed E-state index contributed by atoms with van der Waals surface area (Å²) in [6, 6.07) is 21.6. The maximum absolute atomic E-state index is 4.84. The normalized spacial score (nSPS) is 17.1. The highest BCUT2D eigenvalue weighted by molar-refractivity contribution is 6.01. The predicted octanol–water partition coefficient (Wildman–Crippen LogP) is 5.86. The summed E-state index contributed by atoms with van der Waals surface area (Å²) in [7, 11) is 0. The molecule has 0 bridgehead atoms. The van der Waals surface area contributed by atoms with Crippen molar-refractivity contribution in [1.82, 2.24) is 25.1 Å². The van der Waals surface area contributed by atoms with E-state index in [4.69, 9.17) is 4.98 Å². The molecule has 0 saturated carbocycles. The van der Waals surface area contributed by atoms with Crippen LogP contribution in [0.1, 0.15) is 35.6 Å². The molecule has 1 saturated heterocycles. The summed E-state index contributed by atoms with van der Waals surface area (Å²) in [6.07, 6.45) is 6.36. The number of fused-ring (bicyclic) bond motifs is 2. The van der Waals surface area contributed by atoms with Crippen LogP contribution in [0, 0.1) is 6.92 Å². The van der Waals surface area contributed by atoms with E-state index in [-0.39, 0.29) is 0 Å². The van der Waals surface area contributed by atoms with E-state index >= 15 is 0 Å². The number of nitrogens with one attached hydrogen (secondary N) is 1. The molecule has 2 aromatic carbocycles. The Kier molecular flexibility index (Phi) is 5.11. The molecule has 4 heterocycles. The van der Waals surface area contributed by atoms with E-state index in [1.54, 1.807) is 0 Å². The molecule has 3 aromatic heterocycles. The molecule has 1 N–H and O–H groups in total. The van der Waals surface area contributed by atoms with E-state index < -0.39 is 0 Å². The van der Waals surface area contributed by atoms with Gasteiger partial charge in [-0.25, -0.2) is 0 Å². The number of aryl methyl sites for hydroxylation is 1. The van der Waals surface area contributed by atoms with Crippen molar-refractivity contribution in [3.63, 3.8) is 0 Å². The van der Waals surface area contributed by atoms with Crippen molar-refractivity contribution < 1.29 is 0 Å². The van der Waals surface area contributed by atoms with Crippen molar-refractivity contribution in [1.29, 1.82) is 0 Å². The van der Waals surface area contributed by atoms with E-state index in [2.05, 4.69) is 80.9 Å². The molecule has 5 aromatic rings. The lowest BCUT2D eigenvalue weighted by molar-refractivity contribution is 0.200. The zero-order chi connectivity index (χ0) is 22.2. The van der Waals surface area contributed by atoms with Crippen molar-refractivity contribution in [2.24, 2.45) is 0 Å². The second kappa shape index (κ2) is 8.41. The molecule has 164 valence electrons. The second-order valence-electron chi connectivity index (χ2n) is 9.18. The Labute approximate surface area is 193 Å². The largest absolute Gasteiger partial charge is 0.298 e. The van der Waals surface area contributed by atoms with Crippen molar-refractivity contribution >= 4 is 21.8 Å². The number of hydrogen-bond donors (Lipinski definition) is 1. The van der Waals surface area contributed by atoms with Gasteiger partial charge in [-0.2, -0.15) is 5.10 Å². The summed E-state index contributed by atoms with van der Waals surface area (Å²) < 4.78 is 0. The Balaban J connectivity index is 1.32. The molecule has 0 aliphatic carbocycles. The first-order valence-corrected chi connectivity index (χ1v) is 11.7. The minimum absolute atomic E-state index is 0.515. The highest BCUT2D eigenvalue weighted by Gasteiger charge is 2.22. The average Bonchev–Trinajstić information content (AvgIpc) is 3.26. The highest BCUT2D eigenvalue weighted by atomic mass is 15.1. The van der Waals surface area contributed by atoms with Gasteiger partial charge in [0.25, 0.3) is 0 Å². The van der Waals surface area contributed by atoms with E-state index in [1.165, 1.54) is 29.4 Å². The summed E-state index contributed by atoms with van der Waals surface area (Å²) in [4.78, 5) is 11.7. The molecule has 33 heavy (non-hydrogen) atoms. The third-order valence-corrected chi connectivity index (χ3v) is 6.78. The first kappa shape index (κ1) is 20.1. The van der Waals surface area contributed by atoms with Crippen LogP contribution in [-0.2, 0) is 6.54 Å². The fraction of sp³-hybridized carbons (Fsp3) is 0.250. The predicted molar refractivity (Wildman–Crippen MR) is 133 cm³/mol. The second-order valence-corrected chi connectivity index (χ2v) is 9.18. The summed E-state index contributed by atoms with van der Waals surface area (Å²) in [6.45, 7) is 5.27. The molecule has 5 heteroatoms. The van der Waals surface area contributed by atoms with Crippen LogP contribution >= 0.6 is 0 Å².